The summed E-state index contributed by atoms with van der Waals surface area (Å²) in [5.74, 6) is -0.0323. The fourth-order valence-corrected chi connectivity index (χ4v) is 1.59. The van der Waals surface area contributed by atoms with E-state index in [1.54, 1.807) is 0 Å². The van der Waals surface area contributed by atoms with Crippen LogP contribution in [-0.4, -0.2) is 43.3 Å². The molecule has 1 fully saturated rings. The number of halogens is 4. The van der Waals surface area contributed by atoms with E-state index in [0.29, 0.717) is 12.5 Å². The predicted molar refractivity (Wildman–Crippen MR) is 71.7 cm³/mol. The van der Waals surface area contributed by atoms with Crippen molar-refractivity contribution in [3.8, 4) is 5.88 Å². The van der Waals surface area contributed by atoms with Gasteiger partial charge in [-0.25, -0.2) is 4.98 Å². The first-order valence-electron chi connectivity index (χ1n) is 6.08. The van der Waals surface area contributed by atoms with Gasteiger partial charge >= 0.3 is 6.18 Å². The first-order chi connectivity index (χ1) is 9.44. The molecule has 0 atom stereocenters. The highest BCUT2D eigenvalue weighted by Crippen LogP contribution is 2.17. The standard InChI is InChI=1S/C12H14F3N3O2.ClH/c13-12(14,15)7-20-10-2-1-9(6-17-10)11(19)18-5-8-3-16-4-8;/h1-2,6,8,16H,3-5,7H2,(H,18,19);1H. The van der Waals surface area contributed by atoms with Crippen molar-refractivity contribution >= 4 is 18.3 Å². The maximum absolute atomic E-state index is 11.9. The van der Waals surface area contributed by atoms with Crippen molar-refractivity contribution in [1.29, 1.82) is 0 Å². The Morgan fingerprint density at radius 1 is 1.43 bits per heavy atom. The molecule has 2 rings (SSSR count). The highest BCUT2D eigenvalue weighted by atomic mass is 35.5. The molecule has 5 nitrogen and oxygen atoms in total. The Balaban J connectivity index is 0.00000220. The van der Waals surface area contributed by atoms with Gasteiger partial charge in [0.1, 0.15) is 0 Å². The van der Waals surface area contributed by atoms with E-state index in [-0.39, 0.29) is 29.8 Å². The summed E-state index contributed by atoms with van der Waals surface area (Å²) in [5, 5.41) is 5.82. The largest absolute Gasteiger partial charge is 0.468 e. The molecule has 0 bridgehead atoms. The van der Waals surface area contributed by atoms with Crippen LogP contribution in [0.2, 0.25) is 0 Å². The van der Waals surface area contributed by atoms with Gasteiger partial charge in [0, 0.05) is 37.8 Å². The summed E-state index contributed by atoms with van der Waals surface area (Å²) in [7, 11) is 0. The Morgan fingerprint density at radius 3 is 2.62 bits per heavy atom. The number of alkyl halides is 3. The van der Waals surface area contributed by atoms with E-state index < -0.39 is 12.8 Å². The molecule has 1 aromatic heterocycles. The SMILES string of the molecule is Cl.O=C(NCC1CNC1)c1ccc(OCC(F)(F)F)nc1. The monoisotopic (exact) mass is 325 g/mol. The lowest BCUT2D eigenvalue weighted by atomic mass is 10.0. The molecule has 0 aliphatic carbocycles. The van der Waals surface area contributed by atoms with Crippen LogP contribution in [0.15, 0.2) is 18.3 Å². The third-order valence-corrected chi connectivity index (χ3v) is 2.80. The summed E-state index contributed by atoms with van der Waals surface area (Å²) < 4.78 is 40.3. The van der Waals surface area contributed by atoms with Crippen molar-refractivity contribution in [3.63, 3.8) is 0 Å². The molecule has 2 heterocycles. The molecular weight excluding hydrogens is 311 g/mol. The van der Waals surface area contributed by atoms with Gasteiger partial charge in [0.15, 0.2) is 6.61 Å². The number of ether oxygens (including phenoxy) is 1. The highest BCUT2D eigenvalue weighted by Gasteiger charge is 2.28. The molecule has 9 heteroatoms. The van der Waals surface area contributed by atoms with Crippen molar-refractivity contribution in [3.05, 3.63) is 23.9 Å². The molecule has 2 N–H and O–H groups in total. The van der Waals surface area contributed by atoms with Crippen LogP contribution in [-0.2, 0) is 0 Å². The fraction of sp³-hybridized carbons (Fsp3) is 0.500. The molecule has 1 aliphatic heterocycles. The zero-order valence-corrected chi connectivity index (χ0v) is 11.8. The van der Waals surface area contributed by atoms with E-state index in [1.165, 1.54) is 18.3 Å². The van der Waals surface area contributed by atoms with E-state index >= 15 is 0 Å². The Kier molecular flexibility index (Phi) is 6.22. The van der Waals surface area contributed by atoms with Crippen LogP contribution >= 0.6 is 12.4 Å². The van der Waals surface area contributed by atoms with Gasteiger partial charge in [-0.1, -0.05) is 0 Å². The summed E-state index contributed by atoms with van der Waals surface area (Å²) in [4.78, 5) is 15.4. The molecule has 0 unspecified atom stereocenters. The second kappa shape index (κ2) is 7.46. The second-order valence-corrected chi connectivity index (χ2v) is 4.52. The summed E-state index contributed by atoms with van der Waals surface area (Å²) >= 11 is 0. The van der Waals surface area contributed by atoms with Crippen LogP contribution in [0.1, 0.15) is 10.4 Å². The number of amides is 1. The van der Waals surface area contributed by atoms with Gasteiger partial charge < -0.3 is 15.4 Å². The highest BCUT2D eigenvalue weighted by molar-refractivity contribution is 5.93. The van der Waals surface area contributed by atoms with Crippen LogP contribution in [0.25, 0.3) is 0 Å². The smallest absolute Gasteiger partial charge is 0.422 e. The number of carbonyl (C=O) groups excluding carboxylic acids is 1. The minimum absolute atomic E-state index is 0. The Morgan fingerprint density at radius 2 is 2.14 bits per heavy atom. The molecule has 0 radical (unpaired) electrons. The Labute approximate surface area is 125 Å². The van der Waals surface area contributed by atoms with Gasteiger partial charge in [0.05, 0.1) is 5.56 Å². The maximum atomic E-state index is 11.9. The third kappa shape index (κ3) is 5.76. The van der Waals surface area contributed by atoms with Gasteiger partial charge in [-0.05, 0) is 6.07 Å². The zero-order valence-electron chi connectivity index (χ0n) is 10.9. The number of aromatic nitrogens is 1. The molecule has 1 aromatic rings. The number of rotatable bonds is 5. The zero-order chi connectivity index (χ0) is 14.6. The summed E-state index contributed by atoms with van der Waals surface area (Å²) in [6.45, 7) is 0.921. The lowest BCUT2D eigenvalue weighted by molar-refractivity contribution is -0.154. The summed E-state index contributed by atoms with van der Waals surface area (Å²) in [6.07, 6.45) is -3.21. The van der Waals surface area contributed by atoms with Crippen molar-refractivity contribution in [2.24, 2.45) is 5.92 Å². The van der Waals surface area contributed by atoms with Crippen LogP contribution < -0.4 is 15.4 Å². The molecule has 1 aliphatic rings. The van der Waals surface area contributed by atoms with E-state index in [9.17, 15) is 18.0 Å². The van der Waals surface area contributed by atoms with Crippen molar-refractivity contribution in [2.45, 2.75) is 6.18 Å². The number of nitrogens with one attached hydrogen (secondary N) is 2. The van der Waals surface area contributed by atoms with E-state index in [0.717, 1.165) is 13.1 Å². The molecule has 1 amide bonds. The quantitative estimate of drug-likeness (QED) is 0.859. The predicted octanol–water partition coefficient (Wildman–Crippen LogP) is 1.39. The van der Waals surface area contributed by atoms with Gasteiger partial charge in [-0.3, -0.25) is 4.79 Å². The number of carbonyl (C=O) groups is 1. The molecule has 21 heavy (non-hydrogen) atoms. The van der Waals surface area contributed by atoms with E-state index in [2.05, 4.69) is 20.4 Å². The van der Waals surface area contributed by atoms with Crippen LogP contribution in [0.5, 0.6) is 5.88 Å². The Hall–Kier alpha value is -1.54. The topological polar surface area (TPSA) is 63.2 Å². The number of nitrogens with zero attached hydrogens (tertiary/aromatic N) is 1. The lowest BCUT2D eigenvalue weighted by Crippen LogP contribution is -2.48. The van der Waals surface area contributed by atoms with Crippen molar-refractivity contribution in [1.82, 2.24) is 15.6 Å². The summed E-state index contributed by atoms with van der Waals surface area (Å²) in [5.41, 5.74) is 0.289. The number of hydrogen-bond acceptors (Lipinski definition) is 4. The van der Waals surface area contributed by atoms with Gasteiger partial charge in [0.25, 0.3) is 5.91 Å². The third-order valence-electron chi connectivity index (χ3n) is 2.80. The number of pyridine rings is 1. The normalized spacial score (nSPS) is 14.8. The van der Waals surface area contributed by atoms with Crippen LogP contribution in [0.4, 0.5) is 13.2 Å². The second-order valence-electron chi connectivity index (χ2n) is 4.52. The minimum Gasteiger partial charge on any atom is -0.468 e. The maximum Gasteiger partial charge on any atom is 0.422 e. The Bertz CT molecular complexity index is 464. The van der Waals surface area contributed by atoms with E-state index in [1.807, 2.05) is 0 Å². The molecule has 118 valence electrons. The average Bonchev–Trinajstić information content (AvgIpc) is 2.34. The average molecular weight is 326 g/mol. The molecule has 1 saturated heterocycles. The molecule has 0 aromatic carbocycles. The molecule has 0 saturated carbocycles. The minimum atomic E-state index is -4.41. The number of hydrogen-bond donors (Lipinski definition) is 2. The van der Waals surface area contributed by atoms with Crippen LogP contribution in [0.3, 0.4) is 0 Å². The van der Waals surface area contributed by atoms with Crippen LogP contribution in [0, 0.1) is 5.92 Å². The first-order valence-corrected chi connectivity index (χ1v) is 6.08. The van der Waals surface area contributed by atoms with Gasteiger partial charge in [-0.15, -0.1) is 12.4 Å². The fourth-order valence-electron chi connectivity index (χ4n) is 1.59. The first kappa shape index (κ1) is 17.5. The lowest BCUT2D eigenvalue weighted by Gasteiger charge is -2.27. The molecule has 0 spiro atoms. The summed E-state index contributed by atoms with van der Waals surface area (Å²) in [6, 6.07) is 2.62. The van der Waals surface area contributed by atoms with Gasteiger partial charge in [-0.2, -0.15) is 13.2 Å². The van der Waals surface area contributed by atoms with Crippen molar-refractivity contribution < 1.29 is 22.7 Å². The molecular formula is C12H15ClF3N3O2. The van der Waals surface area contributed by atoms with Crippen molar-refractivity contribution in [2.75, 3.05) is 26.2 Å². The van der Waals surface area contributed by atoms with E-state index in [4.69, 9.17) is 0 Å². The van der Waals surface area contributed by atoms with Gasteiger partial charge in [0.2, 0.25) is 5.88 Å².